The van der Waals surface area contributed by atoms with Gasteiger partial charge < -0.3 is 25.0 Å². The smallest absolute Gasteiger partial charge is 0.493 e. The number of likely N-dealkylation sites (tertiary alicyclic amines) is 1. The van der Waals surface area contributed by atoms with Crippen molar-refractivity contribution in [3.05, 3.63) is 53.3 Å². The Morgan fingerprint density at radius 3 is 2.45 bits per heavy atom. The zero-order valence-electron chi connectivity index (χ0n) is 20.5. The second-order valence-electron chi connectivity index (χ2n) is 9.61. The minimum Gasteiger partial charge on any atom is -0.493 e. The first-order valence-corrected chi connectivity index (χ1v) is 11.8. The van der Waals surface area contributed by atoms with Crippen molar-refractivity contribution in [3.63, 3.8) is 0 Å². The first-order chi connectivity index (χ1) is 17.7. The van der Waals surface area contributed by atoms with Crippen LogP contribution in [-0.2, 0) is 11.6 Å². The quantitative estimate of drug-likeness (QED) is 0.445. The van der Waals surface area contributed by atoms with E-state index in [1.165, 1.54) is 19.2 Å². The molecular weight excluding hydrogens is 523 g/mol. The molecule has 1 heterocycles. The van der Waals surface area contributed by atoms with Gasteiger partial charge in [-0.15, -0.1) is 13.2 Å². The molecule has 208 valence electrons. The zero-order chi connectivity index (χ0) is 27.9. The van der Waals surface area contributed by atoms with Crippen molar-refractivity contribution in [2.75, 3.05) is 26.0 Å². The van der Waals surface area contributed by atoms with Gasteiger partial charge in [-0.2, -0.15) is 13.2 Å². The SMILES string of the molecule is COc1ccc([C@@]23CC[C@H](NC(=O)Nc4cc(F)cc(C(F)(F)F)c4)C[C@@H]2N(C)CC3)cc1OC(F)(F)F. The molecule has 2 aromatic rings. The zero-order valence-corrected chi connectivity index (χ0v) is 20.5. The van der Waals surface area contributed by atoms with E-state index in [1.807, 2.05) is 7.05 Å². The number of amides is 2. The van der Waals surface area contributed by atoms with Crippen LogP contribution in [0.25, 0.3) is 0 Å². The highest BCUT2D eigenvalue weighted by molar-refractivity contribution is 5.89. The fraction of sp³-hybridized carbons (Fsp3) is 0.480. The summed E-state index contributed by atoms with van der Waals surface area (Å²) in [4.78, 5) is 14.6. The minimum atomic E-state index is -4.90. The summed E-state index contributed by atoms with van der Waals surface area (Å²) in [6, 6.07) is 4.98. The van der Waals surface area contributed by atoms with Crippen LogP contribution in [-0.4, -0.2) is 50.1 Å². The minimum absolute atomic E-state index is 0.0524. The predicted octanol–water partition coefficient (Wildman–Crippen LogP) is 6.07. The molecule has 38 heavy (non-hydrogen) atoms. The molecule has 2 fully saturated rings. The molecule has 1 aliphatic carbocycles. The van der Waals surface area contributed by atoms with Crippen molar-refractivity contribution in [3.8, 4) is 11.5 Å². The average Bonchev–Trinajstić information content (AvgIpc) is 3.14. The number of benzene rings is 2. The second kappa shape index (κ2) is 10.2. The van der Waals surface area contributed by atoms with Crippen molar-refractivity contribution in [1.29, 1.82) is 0 Å². The molecule has 1 aliphatic heterocycles. The highest BCUT2D eigenvalue weighted by atomic mass is 19.4. The largest absolute Gasteiger partial charge is 0.573 e. The van der Waals surface area contributed by atoms with Crippen LogP contribution in [0.3, 0.4) is 0 Å². The number of hydrogen-bond donors (Lipinski definition) is 2. The van der Waals surface area contributed by atoms with Gasteiger partial charge >= 0.3 is 18.6 Å². The van der Waals surface area contributed by atoms with Gasteiger partial charge in [0.05, 0.1) is 12.7 Å². The van der Waals surface area contributed by atoms with Gasteiger partial charge in [-0.1, -0.05) is 6.07 Å². The lowest BCUT2D eigenvalue weighted by atomic mass is 9.65. The van der Waals surface area contributed by atoms with E-state index in [2.05, 4.69) is 20.3 Å². The summed E-state index contributed by atoms with van der Waals surface area (Å²) in [5.74, 6) is -1.63. The molecule has 2 aromatic carbocycles. The number of rotatable bonds is 5. The van der Waals surface area contributed by atoms with E-state index in [-0.39, 0.29) is 23.5 Å². The van der Waals surface area contributed by atoms with E-state index in [0.717, 1.165) is 6.07 Å². The first kappa shape index (κ1) is 27.8. The van der Waals surface area contributed by atoms with Gasteiger partial charge in [0.25, 0.3) is 0 Å². The number of anilines is 1. The van der Waals surface area contributed by atoms with Crippen molar-refractivity contribution in [2.45, 2.75) is 55.7 Å². The van der Waals surface area contributed by atoms with E-state index >= 15 is 0 Å². The lowest BCUT2D eigenvalue weighted by Gasteiger charge is -2.45. The number of urea groups is 1. The van der Waals surface area contributed by atoms with Gasteiger partial charge in [-0.25, -0.2) is 9.18 Å². The summed E-state index contributed by atoms with van der Waals surface area (Å²) >= 11 is 0. The molecule has 2 aliphatic rings. The van der Waals surface area contributed by atoms with Crippen LogP contribution in [0.4, 0.5) is 41.2 Å². The number of halogens is 7. The van der Waals surface area contributed by atoms with Gasteiger partial charge in [-0.3, -0.25) is 0 Å². The number of hydrogen-bond acceptors (Lipinski definition) is 4. The normalized spacial score (nSPS) is 24.0. The number of nitrogens with zero attached hydrogens (tertiary/aromatic N) is 1. The number of likely N-dealkylation sites (N-methyl/N-ethyl adjacent to an activating group) is 1. The summed E-state index contributed by atoms with van der Waals surface area (Å²) in [6.45, 7) is 0.675. The van der Waals surface area contributed by atoms with Gasteiger partial charge in [0.1, 0.15) is 5.82 Å². The third-order valence-electron chi connectivity index (χ3n) is 7.31. The molecule has 0 radical (unpaired) electrons. The van der Waals surface area contributed by atoms with E-state index in [4.69, 9.17) is 4.74 Å². The van der Waals surface area contributed by atoms with Crippen molar-refractivity contribution >= 4 is 11.7 Å². The van der Waals surface area contributed by atoms with E-state index < -0.39 is 41.1 Å². The number of ether oxygens (including phenoxy) is 2. The van der Waals surface area contributed by atoms with E-state index in [1.54, 1.807) is 6.07 Å². The lowest BCUT2D eigenvalue weighted by Crippen LogP contribution is -2.52. The summed E-state index contributed by atoms with van der Waals surface area (Å²) in [5.41, 5.74) is -1.40. The Kier molecular flexibility index (Phi) is 7.43. The number of methoxy groups -OCH3 is 1. The molecule has 4 rings (SSSR count). The van der Waals surface area contributed by atoms with Crippen LogP contribution < -0.4 is 20.1 Å². The highest BCUT2D eigenvalue weighted by Crippen LogP contribution is 2.50. The molecule has 2 amide bonds. The van der Waals surface area contributed by atoms with Crippen molar-refractivity contribution in [1.82, 2.24) is 10.2 Å². The topological polar surface area (TPSA) is 62.8 Å². The molecule has 13 heteroatoms. The molecule has 0 bridgehead atoms. The van der Waals surface area contributed by atoms with Crippen LogP contribution in [0.15, 0.2) is 36.4 Å². The molecular formula is C25H26F7N3O3. The van der Waals surface area contributed by atoms with Crippen LogP contribution >= 0.6 is 0 Å². The Bertz CT molecular complexity index is 1190. The maximum atomic E-state index is 13.7. The van der Waals surface area contributed by atoms with Gasteiger partial charge in [0, 0.05) is 23.2 Å². The van der Waals surface area contributed by atoms with Crippen LogP contribution in [0.5, 0.6) is 11.5 Å². The monoisotopic (exact) mass is 549 g/mol. The highest BCUT2D eigenvalue weighted by Gasteiger charge is 2.51. The third-order valence-corrected chi connectivity index (χ3v) is 7.31. The molecule has 2 N–H and O–H groups in total. The Labute approximate surface area is 214 Å². The Hall–Kier alpha value is -3.22. The Morgan fingerprint density at radius 1 is 1.05 bits per heavy atom. The van der Waals surface area contributed by atoms with Crippen molar-refractivity contribution in [2.24, 2.45) is 0 Å². The van der Waals surface area contributed by atoms with Crippen LogP contribution in [0, 0.1) is 5.82 Å². The maximum absolute atomic E-state index is 13.7. The molecule has 1 saturated heterocycles. The van der Waals surface area contributed by atoms with Crippen LogP contribution in [0.1, 0.15) is 36.8 Å². The Morgan fingerprint density at radius 2 is 1.79 bits per heavy atom. The van der Waals surface area contributed by atoms with Gasteiger partial charge in [0.15, 0.2) is 11.5 Å². The average molecular weight is 549 g/mol. The first-order valence-electron chi connectivity index (χ1n) is 11.8. The molecule has 0 unspecified atom stereocenters. The summed E-state index contributed by atoms with van der Waals surface area (Å²) in [5, 5.41) is 4.99. The Balaban J connectivity index is 1.50. The predicted molar refractivity (Wildman–Crippen MR) is 124 cm³/mol. The third kappa shape index (κ3) is 5.92. The van der Waals surface area contributed by atoms with Gasteiger partial charge in [-0.05, 0) is 75.2 Å². The summed E-state index contributed by atoms with van der Waals surface area (Å²) in [6.07, 6.45) is -7.55. The maximum Gasteiger partial charge on any atom is 0.573 e. The molecule has 3 atom stereocenters. The summed E-state index contributed by atoms with van der Waals surface area (Å²) in [7, 11) is 3.13. The fourth-order valence-corrected chi connectivity index (χ4v) is 5.62. The summed E-state index contributed by atoms with van der Waals surface area (Å²) < 4.78 is 101. The number of nitrogens with one attached hydrogen (secondary N) is 2. The fourth-order valence-electron chi connectivity index (χ4n) is 5.62. The number of fused-ring (bicyclic) bond motifs is 1. The second-order valence-corrected chi connectivity index (χ2v) is 9.61. The molecule has 6 nitrogen and oxygen atoms in total. The van der Waals surface area contributed by atoms with Crippen LogP contribution in [0.2, 0.25) is 0 Å². The van der Waals surface area contributed by atoms with E-state index in [0.29, 0.717) is 49.9 Å². The number of carbonyl (C=O) groups is 1. The lowest BCUT2D eigenvalue weighted by molar-refractivity contribution is -0.275. The standard InChI is InChI=1S/C25H26F7N3O3/c1-35-8-7-23(14-3-4-19(37-2)20(11-14)38-25(30,31)32)6-5-17(13-21(23)35)33-22(36)34-18-10-15(24(27,28)29)9-16(26)12-18/h3-4,9-12,17,21H,5-8,13H2,1-2H3,(H2,33,34,36)/t17-,21-,23-/m0/s1. The molecule has 1 saturated carbocycles. The number of carbonyl (C=O) groups excluding carboxylic acids is 1. The molecule has 0 aromatic heterocycles. The van der Waals surface area contributed by atoms with E-state index in [9.17, 15) is 35.5 Å². The van der Waals surface area contributed by atoms with Gasteiger partial charge in [0.2, 0.25) is 0 Å². The number of alkyl halides is 6. The van der Waals surface area contributed by atoms with Crippen molar-refractivity contribution < 1.29 is 45.0 Å². The molecule has 0 spiro atoms.